The van der Waals surface area contributed by atoms with Gasteiger partial charge in [0.25, 0.3) is 0 Å². The van der Waals surface area contributed by atoms with Crippen LogP contribution in [0.3, 0.4) is 0 Å². The van der Waals surface area contributed by atoms with Gasteiger partial charge in [0.1, 0.15) is 0 Å². The number of nitrogens with one attached hydrogen (secondary N) is 1. The molecule has 2 aromatic heterocycles. The van der Waals surface area contributed by atoms with Crippen LogP contribution in [0.5, 0.6) is 0 Å². The number of pyridine rings is 1. The third-order valence-electron chi connectivity index (χ3n) is 3.00. The molecular weight excluding hydrogens is 236 g/mol. The van der Waals surface area contributed by atoms with E-state index in [4.69, 9.17) is 0 Å². The summed E-state index contributed by atoms with van der Waals surface area (Å²) < 4.78 is 0. The first-order chi connectivity index (χ1) is 9.34. The van der Waals surface area contributed by atoms with Crippen molar-refractivity contribution < 1.29 is 4.79 Å². The van der Waals surface area contributed by atoms with E-state index in [2.05, 4.69) is 9.97 Å². The molecule has 0 spiro atoms. The lowest BCUT2D eigenvalue weighted by Crippen LogP contribution is -1.93. The van der Waals surface area contributed by atoms with E-state index in [9.17, 15) is 4.79 Å². The van der Waals surface area contributed by atoms with Gasteiger partial charge in [-0.1, -0.05) is 18.2 Å². The van der Waals surface area contributed by atoms with Crippen LogP contribution in [0.2, 0.25) is 0 Å². The van der Waals surface area contributed by atoms with Crippen molar-refractivity contribution in [2.45, 2.75) is 0 Å². The number of hydrogen-bond donors (Lipinski definition) is 1. The number of hydrogen-bond acceptors (Lipinski definition) is 2. The van der Waals surface area contributed by atoms with E-state index in [0.717, 1.165) is 16.5 Å². The molecule has 0 fully saturated rings. The van der Waals surface area contributed by atoms with Crippen molar-refractivity contribution in [3.8, 4) is 0 Å². The Bertz CT molecular complexity index is 742. The number of rotatable bonds is 3. The molecule has 0 radical (unpaired) electrons. The number of nitrogens with zero attached hydrogens (tertiary/aromatic N) is 1. The highest BCUT2D eigenvalue weighted by Crippen LogP contribution is 2.19. The van der Waals surface area contributed by atoms with Crippen LogP contribution in [-0.4, -0.2) is 15.8 Å². The Hall–Kier alpha value is -2.68. The molecule has 0 unspecified atom stereocenters. The minimum Gasteiger partial charge on any atom is -0.361 e. The molecule has 3 nitrogen and oxygen atoms in total. The molecule has 0 saturated heterocycles. The summed E-state index contributed by atoms with van der Waals surface area (Å²) in [5.74, 6) is -0.0207. The number of aromatic nitrogens is 2. The highest BCUT2D eigenvalue weighted by atomic mass is 16.1. The predicted molar refractivity (Wildman–Crippen MR) is 75.9 cm³/mol. The predicted octanol–water partition coefficient (Wildman–Crippen LogP) is 3.46. The SMILES string of the molecule is O=C(/C=C/c1c[nH]c2ccccc12)c1ccncc1. The lowest BCUT2D eigenvalue weighted by molar-refractivity contribution is 0.104. The zero-order chi connectivity index (χ0) is 13.1. The molecule has 3 rings (SSSR count). The smallest absolute Gasteiger partial charge is 0.185 e. The molecule has 0 atom stereocenters. The van der Waals surface area contributed by atoms with Crippen molar-refractivity contribution in [2.24, 2.45) is 0 Å². The minimum absolute atomic E-state index is 0.0207. The number of para-hydroxylation sites is 1. The van der Waals surface area contributed by atoms with E-state index in [1.807, 2.05) is 36.5 Å². The van der Waals surface area contributed by atoms with Crippen molar-refractivity contribution in [1.82, 2.24) is 9.97 Å². The number of fused-ring (bicyclic) bond motifs is 1. The second kappa shape index (κ2) is 4.90. The summed E-state index contributed by atoms with van der Waals surface area (Å²) in [5, 5.41) is 1.11. The highest BCUT2D eigenvalue weighted by Gasteiger charge is 2.02. The zero-order valence-electron chi connectivity index (χ0n) is 10.2. The first-order valence-corrected chi connectivity index (χ1v) is 6.03. The van der Waals surface area contributed by atoms with Crippen LogP contribution in [0, 0.1) is 0 Å². The Labute approximate surface area is 110 Å². The van der Waals surface area contributed by atoms with Crippen LogP contribution in [0.25, 0.3) is 17.0 Å². The van der Waals surface area contributed by atoms with Crippen molar-refractivity contribution in [3.63, 3.8) is 0 Å². The average Bonchev–Trinajstić information content (AvgIpc) is 2.89. The number of H-pyrrole nitrogens is 1. The van der Waals surface area contributed by atoms with Crippen molar-refractivity contribution in [1.29, 1.82) is 0 Å². The maximum atomic E-state index is 12.0. The summed E-state index contributed by atoms with van der Waals surface area (Å²) in [7, 11) is 0. The molecule has 0 aliphatic carbocycles. The van der Waals surface area contributed by atoms with Crippen LogP contribution >= 0.6 is 0 Å². The lowest BCUT2D eigenvalue weighted by atomic mass is 10.1. The Balaban J connectivity index is 1.89. The summed E-state index contributed by atoms with van der Waals surface area (Å²) in [4.78, 5) is 19.0. The highest BCUT2D eigenvalue weighted by molar-refractivity contribution is 6.07. The molecule has 2 heterocycles. The number of ketones is 1. The molecule has 0 saturated carbocycles. The minimum atomic E-state index is -0.0207. The normalized spacial score (nSPS) is 11.2. The molecule has 3 aromatic rings. The maximum Gasteiger partial charge on any atom is 0.185 e. The molecule has 3 heteroatoms. The van der Waals surface area contributed by atoms with Crippen molar-refractivity contribution >= 4 is 22.8 Å². The lowest BCUT2D eigenvalue weighted by Gasteiger charge is -1.94. The van der Waals surface area contributed by atoms with Gasteiger partial charge in [-0.2, -0.15) is 0 Å². The first kappa shape index (κ1) is 11.4. The van der Waals surface area contributed by atoms with E-state index >= 15 is 0 Å². The van der Waals surface area contributed by atoms with Crippen LogP contribution in [0.4, 0.5) is 0 Å². The van der Waals surface area contributed by atoms with Crippen molar-refractivity contribution in [3.05, 3.63) is 72.2 Å². The Morgan fingerprint density at radius 3 is 2.74 bits per heavy atom. The molecule has 0 bridgehead atoms. The molecule has 1 aromatic carbocycles. The van der Waals surface area contributed by atoms with E-state index < -0.39 is 0 Å². The number of aromatic amines is 1. The van der Waals surface area contributed by atoms with Gasteiger partial charge in [-0.15, -0.1) is 0 Å². The number of carbonyl (C=O) groups is 1. The van der Waals surface area contributed by atoms with Gasteiger partial charge in [0.05, 0.1) is 0 Å². The Kier molecular flexibility index (Phi) is 2.94. The summed E-state index contributed by atoms with van der Waals surface area (Å²) in [6, 6.07) is 11.4. The molecule has 19 heavy (non-hydrogen) atoms. The van der Waals surface area contributed by atoms with Crippen LogP contribution < -0.4 is 0 Å². The molecule has 0 aliphatic rings. The van der Waals surface area contributed by atoms with Gasteiger partial charge in [-0.05, 0) is 35.9 Å². The van der Waals surface area contributed by atoms with Crippen molar-refractivity contribution in [2.75, 3.05) is 0 Å². The Morgan fingerprint density at radius 1 is 1.11 bits per heavy atom. The van der Waals surface area contributed by atoms with Gasteiger partial charge in [0.15, 0.2) is 5.78 Å². The fraction of sp³-hybridized carbons (Fsp3) is 0. The molecule has 1 N–H and O–H groups in total. The second-order valence-corrected chi connectivity index (χ2v) is 4.22. The fourth-order valence-corrected chi connectivity index (χ4v) is 2.01. The van der Waals surface area contributed by atoms with E-state index in [-0.39, 0.29) is 5.78 Å². The van der Waals surface area contributed by atoms with Gasteiger partial charge in [-0.25, -0.2) is 0 Å². The average molecular weight is 248 g/mol. The van der Waals surface area contributed by atoms with E-state index in [1.165, 1.54) is 0 Å². The van der Waals surface area contributed by atoms with Gasteiger partial charge in [0, 0.05) is 35.1 Å². The van der Waals surface area contributed by atoms with Gasteiger partial charge in [-0.3, -0.25) is 9.78 Å². The molecular formula is C16H12N2O. The van der Waals surface area contributed by atoms with Gasteiger partial charge in [0.2, 0.25) is 0 Å². The summed E-state index contributed by atoms with van der Waals surface area (Å²) >= 11 is 0. The zero-order valence-corrected chi connectivity index (χ0v) is 10.2. The van der Waals surface area contributed by atoms with Crippen LogP contribution in [0.15, 0.2) is 61.1 Å². The topological polar surface area (TPSA) is 45.8 Å². The third kappa shape index (κ3) is 2.31. The number of allylic oxidation sites excluding steroid dienone is 1. The van der Waals surface area contributed by atoms with Gasteiger partial charge >= 0.3 is 0 Å². The van der Waals surface area contributed by atoms with Gasteiger partial charge < -0.3 is 4.98 Å². The van der Waals surface area contributed by atoms with E-state index in [0.29, 0.717) is 5.56 Å². The summed E-state index contributed by atoms with van der Waals surface area (Å²) in [5.41, 5.74) is 2.72. The number of carbonyl (C=O) groups excluding carboxylic acids is 1. The van der Waals surface area contributed by atoms with E-state index in [1.54, 1.807) is 30.6 Å². The quantitative estimate of drug-likeness (QED) is 0.570. The van der Waals surface area contributed by atoms with Crippen LogP contribution in [0.1, 0.15) is 15.9 Å². The summed E-state index contributed by atoms with van der Waals surface area (Å²) in [6.45, 7) is 0. The second-order valence-electron chi connectivity index (χ2n) is 4.22. The summed E-state index contributed by atoms with van der Waals surface area (Å²) in [6.07, 6.45) is 8.56. The number of benzene rings is 1. The molecule has 92 valence electrons. The molecule has 0 aliphatic heterocycles. The Morgan fingerprint density at radius 2 is 1.89 bits per heavy atom. The first-order valence-electron chi connectivity index (χ1n) is 6.03. The fourth-order valence-electron chi connectivity index (χ4n) is 2.01. The maximum absolute atomic E-state index is 12.0. The largest absolute Gasteiger partial charge is 0.361 e. The third-order valence-corrected chi connectivity index (χ3v) is 3.00. The standard InChI is InChI=1S/C16H12N2O/c19-16(12-7-9-17-10-8-12)6-5-13-11-18-15-4-2-1-3-14(13)15/h1-11,18H/b6-5+. The molecule has 0 amide bonds. The van der Waals surface area contributed by atoms with Crippen LogP contribution in [-0.2, 0) is 0 Å². The monoisotopic (exact) mass is 248 g/mol.